The molecule has 3 N–H and O–H groups in total. The average Bonchev–Trinajstić information content (AvgIpc) is 3.59. The number of hydrogen-bond donors (Lipinski definition) is 3. The van der Waals surface area contributed by atoms with Crippen LogP contribution in [0.5, 0.6) is 11.5 Å². The quantitative estimate of drug-likeness (QED) is 0.147. The molecule has 0 bridgehead atoms. The average molecular weight is 562 g/mol. The summed E-state index contributed by atoms with van der Waals surface area (Å²) in [5.41, 5.74) is 1.33. The monoisotopic (exact) mass is 561 g/mol. The zero-order valence-electron chi connectivity index (χ0n) is 21.5. The molecule has 14 nitrogen and oxygen atoms in total. The third-order valence-corrected chi connectivity index (χ3v) is 6.34. The number of hydrogen-bond acceptors (Lipinski definition) is 10. The lowest BCUT2D eigenvalue weighted by atomic mass is 10.0. The standard InChI is InChI=1S/C27H23N5O9/c1-39-23(35)13-28-26-24(16-7-8-20-21(11-16)41-14-40-20)30-25-18(6-3-9-31(25)26)27(36)29-19(12-22(33)34)15-4-2-5-17(10-15)32(37)38/h2-11,19,28H,12-14H2,1H3,(H,29,36)(H,33,34). The second-order valence-corrected chi connectivity index (χ2v) is 8.90. The topological polar surface area (TPSA) is 184 Å². The predicted octanol–water partition coefficient (Wildman–Crippen LogP) is 3.17. The highest BCUT2D eigenvalue weighted by Crippen LogP contribution is 2.38. The van der Waals surface area contributed by atoms with Crippen molar-refractivity contribution in [1.29, 1.82) is 0 Å². The Labute approximate surface area is 231 Å². The molecule has 14 heteroatoms. The van der Waals surface area contributed by atoms with Crippen LogP contribution in [0.3, 0.4) is 0 Å². The van der Waals surface area contributed by atoms with Gasteiger partial charge in [-0.05, 0) is 35.9 Å². The molecule has 210 valence electrons. The molecule has 3 heterocycles. The summed E-state index contributed by atoms with van der Waals surface area (Å²) in [6, 6.07) is 12.6. The van der Waals surface area contributed by atoms with E-state index in [9.17, 15) is 29.6 Å². The summed E-state index contributed by atoms with van der Waals surface area (Å²) in [5, 5.41) is 26.4. The van der Waals surface area contributed by atoms with Gasteiger partial charge in [0, 0.05) is 23.9 Å². The van der Waals surface area contributed by atoms with Gasteiger partial charge in [0.05, 0.1) is 30.1 Å². The number of pyridine rings is 1. The third-order valence-electron chi connectivity index (χ3n) is 6.34. The summed E-state index contributed by atoms with van der Waals surface area (Å²) < 4.78 is 17.2. The van der Waals surface area contributed by atoms with Gasteiger partial charge < -0.3 is 30.0 Å². The fourth-order valence-electron chi connectivity index (χ4n) is 4.40. The summed E-state index contributed by atoms with van der Waals surface area (Å²) in [5.74, 6) is -0.939. The zero-order chi connectivity index (χ0) is 29.1. The number of carboxylic acids is 1. The van der Waals surface area contributed by atoms with E-state index in [2.05, 4.69) is 10.6 Å². The van der Waals surface area contributed by atoms with Gasteiger partial charge in [-0.3, -0.25) is 28.9 Å². The van der Waals surface area contributed by atoms with Crippen LogP contribution < -0.4 is 20.1 Å². The van der Waals surface area contributed by atoms with Crippen LogP contribution >= 0.6 is 0 Å². The van der Waals surface area contributed by atoms with Crippen molar-refractivity contribution < 1.29 is 38.6 Å². The fourth-order valence-corrected chi connectivity index (χ4v) is 4.40. The molecule has 1 aliphatic rings. The number of aromatic nitrogens is 2. The molecule has 1 amide bonds. The normalized spacial score (nSPS) is 12.5. The number of nitro benzene ring substituents is 1. The van der Waals surface area contributed by atoms with E-state index >= 15 is 0 Å². The van der Waals surface area contributed by atoms with E-state index in [1.807, 2.05) is 0 Å². The fraction of sp³-hybridized carbons (Fsp3) is 0.185. The van der Waals surface area contributed by atoms with E-state index in [0.717, 1.165) is 0 Å². The first kappa shape index (κ1) is 26.9. The Bertz CT molecular complexity index is 1680. The van der Waals surface area contributed by atoms with Crippen molar-refractivity contribution >= 4 is 35.0 Å². The number of anilines is 1. The van der Waals surface area contributed by atoms with E-state index in [1.165, 1.54) is 37.4 Å². The van der Waals surface area contributed by atoms with Gasteiger partial charge in [0.2, 0.25) is 6.79 Å². The molecule has 0 aliphatic carbocycles. The zero-order valence-corrected chi connectivity index (χ0v) is 21.5. The molecule has 0 fully saturated rings. The second-order valence-electron chi connectivity index (χ2n) is 8.90. The van der Waals surface area contributed by atoms with Gasteiger partial charge in [0.15, 0.2) is 17.1 Å². The van der Waals surface area contributed by atoms with Crippen molar-refractivity contribution in [2.45, 2.75) is 12.5 Å². The molecule has 4 aromatic rings. The van der Waals surface area contributed by atoms with Gasteiger partial charge >= 0.3 is 11.9 Å². The van der Waals surface area contributed by atoms with E-state index in [4.69, 9.17) is 19.2 Å². The summed E-state index contributed by atoms with van der Waals surface area (Å²) in [6.07, 6.45) is 1.13. The number of nitrogens with zero attached hydrogens (tertiary/aromatic N) is 3. The summed E-state index contributed by atoms with van der Waals surface area (Å²) >= 11 is 0. The van der Waals surface area contributed by atoms with Crippen molar-refractivity contribution in [2.75, 3.05) is 25.8 Å². The Kier molecular flexibility index (Phi) is 7.37. The number of fused-ring (bicyclic) bond motifs is 2. The van der Waals surface area contributed by atoms with Crippen LogP contribution in [0, 0.1) is 10.1 Å². The smallest absolute Gasteiger partial charge is 0.325 e. The molecule has 0 saturated heterocycles. The van der Waals surface area contributed by atoms with E-state index < -0.39 is 35.2 Å². The molecule has 1 unspecified atom stereocenters. The number of esters is 1. The van der Waals surface area contributed by atoms with Crippen LogP contribution in [0.1, 0.15) is 28.4 Å². The van der Waals surface area contributed by atoms with E-state index in [0.29, 0.717) is 28.6 Å². The summed E-state index contributed by atoms with van der Waals surface area (Å²) in [7, 11) is 1.26. The van der Waals surface area contributed by atoms with Gasteiger partial charge in [0.25, 0.3) is 11.6 Å². The lowest BCUT2D eigenvalue weighted by Gasteiger charge is -2.17. The maximum Gasteiger partial charge on any atom is 0.325 e. The van der Waals surface area contributed by atoms with E-state index in [-0.39, 0.29) is 35.8 Å². The molecule has 0 spiro atoms. The minimum atomic E-state index is -1.21. The van der Waals surface area contributed by atoms with E-state index in [1.54, 1.807) is 34.9 Å². The van der Waals surface area contributed by atoms with Crippen LogP contribution in [0.4, 0.5) is 11.5 Å². The number of non-ortho nitro benzene ring substituents is 1. The number of nitrogens with one attached hydrogen (secondary N) is 2. The number of aliphatic carboxylic acids is 1. The molecule has 41 heavy (non-hydrogen) atoms. The number of benzene rings is 2. The van der Waals surface area contributed by atoms with Crippen molar-refractivity contribution in [3.05, 3.63) is 82.0 Å². The Hall–Kier alpha value is -5.66. The summed E-state index contributed by atoms with van der Waals surface area (Å²) in [6.45, 7) is -0.116. The first-order chi connectivity index (χ1) is 19.7. The number of carbonyl (C=O) groups is 3. The first-order valence-corrected chi connectivity index (χ1v) is 12.2. The summed E-state index contributed by atoms with van der Waals surface area (Å²) in [4.78, 5) is 52.4. The van der Waals surface area contributed by atoms with Crippen molar-refractivity contribution in [2.24, 2.45) is 0 Å². The molecule has 2 aromatic carbocycles. The number of methoxy groups -OCH3 is 1. The first-order valence-electron chi connectivity index (χ1n) is 12.2. The third kappa shape index (κ3) is 5.56. The highest BCUT2D eigenvalue weighted by molar-refractivity contribution is 6.01. The minimum absolute atomic E-state index is 0.0732. The molecule has 1 atom stereocenters. The minimum Gasteiger partial charge on any atom is -0.481 e. The molecule has 5 rings (SSSR count). The number of carbonyl (C=O) groups excluding carboxylic acids is 2. The number of carboxylic acid groups (broad SMARTS) is 1. The van der Waals surface area contributed by atoms with Gasteiger partial charge in [0.1, 0.15) is 18.1 Å². The molecule has 1 aliphatic heterocycles. The van der Waals surface area contributed by atoms with Crippen LogP contribution in [0.15, 0.2) is 60.8 Å². The van der Waals surface area contributed by atoms with Gasteiger partial charge in [-0.2, -0.15) is 0 Å². The van der Waals surface area contributed by atoms with Gasteiger partial charge in [-0.25, -0.2) is 4.98 Å². The van der Waals surface area contributed by atoms with Crippen molar-refractivity contribution in [3.8, 4) is 22.8 Å². The maximum atomic E-state index is 13.5. The van der Waals surface area contributed by atoms with Crippen LogP contribution in [-0.4, -0.2) is 57.7 Å². The Morgan fingerprint density at radius 2 is 1.95 bits per heavy atom. The SMILES string of the molecule is COC(=O)CNc1c(-c2ccc3c(c2)OCO3)nc2c(C(=O)NC(CC(=O)O)c3cccc([N+](=O)[O-])c3)cccn12. The maximum absolute atomic E-state index is 13.5. The highest BCUT2D eigenvalue weighted by atomic mass is 16.7. The van der Waals surface area contributed by atoms with Crippen molar-refractivity contribution in [3.63, 3.8) is 0 Å². The van der Waals surface area contributed by atoms with Crippen LogP contribution in [0.25, 0.3) is 16.9 Å². The molecule has 0 saturated carbocycles. The van der Waals surface area contributed by atoms with Gasteiger partial charge in [-0.15, -0.1) is 0 Å². The Morgan fingerprint density at radius 1 is 1.15 bits per heavy atom. The second kappa shape index (κ2) is 11.2. The predicted molar refractivity (Wildman–Crippen MR) is 143 cm³/mol. The van der Waals surface area contributed by atoms with Crippen LogP contribution in [0.2, 0.25) is 0 Å². The number of imidazole rings is 1. The Morgan fingerprint density at radius 3 is 2.71 bits per heavy atom. The number of nitro groups is 1. The highest BCUT2D eigenvalue weighted by Gasteiger charge is 2.25. The Balaban J connectivity index is 1.55. The molecule has 2 aromatic heterocycles. The number of ether oxygens (including phenoxy) is 3. The lowest BCUT2D eigenvalue weighted by molar-refractivity contribution is -0.384. The number of amides is 1. The molecule has 0 radical (unpaired) electrons. The molecular weight excluding hydrogens is 538 g/mol. The van der Waals surface area contributed by atoms with Crippen LogP contribution in [-0.2, 0) is 14.3 Å². The van der Waals surface area contributed by atoms with Gasteiger partial charge in [-0.1, -0.05) is 12.1 Å². The largest absolute Gasteiger partial charge is 0.481 e. The number of rotatable bonds is 10. The van der Waals surface area contributed by atoms with Crippen molar-refractivity contribution in [1.82, 2.24) is 14.7 Å². The molecular formula is C27H23N5O9. The lowest BCUT2D eigenvalue weighted by Crippen LogP contribution is -2.30.